The quantitative estimate of drug-likeness (QED) is 0.426. The Morgan fingerprint density at radius 2 is 1.88 bits per heavy atom. The normalized spacial score (nSPS) is 28.9. The van der Waals surface area contributed by atoms with Gasteiger partial charge >= 0.3 is 0 Å². The van der Waals surface area contributed by atoms with Gasteiger partial charge < -0.3 is 14.4 Å². The summed E-state index contributed by atoms with van der Waals surface area (Å²) in [5.41, 5.74) is 2.24. The zero-order valence-electron chi connectivity index (χ0n) is 23.9. The first kappa shape index (κ1) is 29.8. The van der Waals surface area contributed by atoms with E-state index in [1.54, 1.807) is 13.0 Å². The molecule has 5 atom stereocenters. The zero-order valence-corrected chi connectivity index (χ0v) is 25.4. The maximum absolute atomic E-state index is 13.2. The summed E-state index contributed by atoms with van der Waals surface area (Å²) in [5, 5.41) is -0.0689. The molecule has 1 fully saturated rings. The number of aromatic nitrogens is 1. The SMILES string of the molecule is C[C@@H]1[C@@H](C)CCCC(C=O)[C@@H]2CC[C@H]2CN2CCCCc3cc(Cl)ccc3COc3ccc(nc32)C(=O)NS1(=O)=O. The number of carbonyl (C=O) groups excluding carboxylic acids is 2. The molecule has 2 aliphatic heterocycles. The van der Waals surface area contributed by atoms with Gasteiger partial charge in [0.15, 0.2) is 11.6 Å². The lowest BCUT2D eigenvalue weighted by Gasteiger charge is -2.43. The van der Waals surface area contributed by atoms with Gasteiger partial charge in [-0.15, -0.1) is 0 Å². The van der Waals surface area contributed by atoms with Crippen LogP contribution in [0.1, 0.15) is 80.4 Å². The van der Waals surface area contributed by atoms with Gasteiger partial charge in [0.25, 0.3) is 5.91 Å². The predicted octanol–water partition coefficient (Wildman–Crippen LogP) is 5.57. The molecule has 1 aromatic heterocycles. The molecule has 0 spiro atoms. The Bertz CT molecular complexity index is 1380. The van der Waals surface area contributed by atoms with Crippen LogP contribution in [-0.2, 0) is 27.8 Å². The van der Waals surface area contributed by atoms with Gasteiger partial charge in [0.2, 0.25) is 10.0 Å². The minimum absolute atomic E-state index is 0.0332. The van der Waals surface area contributed by atoms with E-state index in [4.69, 9.17) is 21.3 Å². The van der Waals surface area contributed by atoms with Crippen molar-refractivity contribution in [3.63, 3.8) is 0 Å². The fourth-order valence-electron chi connectivity index (χ4n) is 6.47. The number of benzene rings is 1. The molecule has 0 radical (unpaired) electrons. The highest BCUT2D eigenvalue weighted by Gasteiger charge is 2.39. The highest BCUT2D eigenvalue weighted by molar-refractivity contribution is 7.90. The number of nitrogens with zero attached hydrogens (tertiary/aromatic N) is 2. The summed E-state index contributed by atoms with van der Waals surface area (Å²) in [6, 6.07) is 9.08. The lowest BCUT2D eigenvalue weighted by atomic mass is 9.66. The Kier molecular flexibility index (Phi) is 9.24. The molecule has 1 N–H and O–H groups in total. The largest absolute Gasteiger partial charge is 0.485 e. The van der Waals surface area contributed by atoms with Crippen molar-refractivity contribution in [3.05, 3.63) is 52.2 Å². The van der Waals surface area contributed by atoms with Crippen molar-refractivity contribution in [1.82, 2.24) is 9.71 Å². The van der Waals surface area contributed by atoms with E-state index < -0.39 is 21.2 Å². The molecule has 0 saturated heterocycles. The third kappa shape index (κ3) is 6.72. The first-order valence-electron chi connectivity index (χ1n) is 14.8. The van der Waals surface area contributed by atoms with Crippen LogP contribution in [0.25, 0.3) is 0 Å². The van der Waals surface area contributed by atoms with Gasteiger partial charge in [-0.3, -0.25) is 4.79 Å². The monoisotopic (exact) mass is 601 g/mol. The van der Waals surface area contributed by atoms with Gasteiger partial charge in [-0.2, -0.15) is 0 Å². The molecule has 3 heterocycles. The number of rotatable bonds is 1. The van der Waals surface area contributed by atoms with E-state index in [0.717, 1.165) is 62.4 Å². The van der Waals surface area contributed by atoms with Gasteiger partial charge in [-0.05, 0) is 105 Å². The lowest BCUT2D eigenvalue weighted by molar-refractivity contribution is -0.115. The number of sulfonamides is 1. The number of aryl methyl sites for hydroxylation is 1. The zero-order chi connectivity index (χ0) is 29.1. The number of carbonyl (C=O) groups is 2. The molecule has 1 saturated carbocycles. The van der Waals surface area contributed by atoms with E-state index in [9.17, 15) is 18.0 Å². The van der Waals surface area contributed by atoms with Gasteiger partial charge in [0.1, 0.15) is 18.6 Å². The molecule has 41 heavy (non-hydrogen) atoms. The average molecular weight is 602 g/mol. The van der Waals surface area contributed by atoms with Crippen molar-refractivity contribution >= 4 is 39.6 Å². The van der Waals surface area contributed by atoms with Crippen LogP contribution in [0.5, 0.6) is 5.75 Å². The van der Waals surface area contributed by atoms with Gasteiger partial charge in [-0.25, -0.2) is 18.1 Å². The Labute approximate surface area is 248 Å². The van der Waals surface area contributed by atoms with Crippen LogP contribution in [0.2, 0.25) is 5.02 Å². The van der Waals surface area contributed by atoms with E-state index in [1.807, 2.05) is 25.1 Å². The third-order valence-corrected chi connectivity index (χ3v) is 11.6. The molecule has 5 rings (SSSR count). The number of anilines is 1. The third-order valence-electron chi connectivity index (χ3n) is 9.43. The molecular weight excluding hydrogens is 562 g/mol. The number of hydrogen-bond acceptors (Lipinski definition) is 7. The summed E-state index contributed by atoms with van der Waals surface area (Å²) in [4.78, 5) is 32.3. The molecule has 2 aromatic rings. The van der Waals surface area contributed by atoms with Crippen LogP contribution in [0.3, 0.4) is 0 Å². The Hall–Kier alpha value is -2.65. The first-order valence-corrected chi connectivity index (χ1v) is 16.8. The number of ether oxygens (including phenoxy) is 1. The number of hydrogen-bond donors (Lipinski definition) is 1. The minimum Gasteiger partial charge on any atom is -0.485 e. The molecule has 1 unspecified atom stereocenters. The minimum atomic E-state index is -3.93. The standard InChI is InChI=1S/C31H40ClN3O5S/c1-20-6-5-8-24(18-36)27-12-10-23(27)17-35-15-4-3-7-22-16-26(32)11-9-25(22)19-40-29-14-13-28(33-30(29)35)31(37)34-41(38,39)21(20)2/h9,11,13-14,16,18,20-21,23-24,27H,3-8,10,12,15,17,19H2,1-2H3,(H,34,37)/t20-,21+,23-,24?,27+/m0/s1. The summed E-state index contributed by atoms with van der Waals surface area (Å²) < 4.78 is 34.9. The molecule has 1 aliphatic carbocycles. The summed E-state index contributed by atoms with van der Waals surface area (Å²) >= 11 is 6.29. The smallest absolute Gasteiger partial charge is 0.283 e. The molecule has 8 nitrogen and oxygen atoms in total. The molecular formula is C31H40ClN3O5S. The molecule has 2 bridgehead atoms. The van der Waals surface area contributed by atoms with E-state index in [1.165, 1.54) is 6.07 Å². The number of nitrogens with one attached hydrogen (secondary N) is 1. The molecule has 1 amide bonds. The van der Waals surface area contributed by atoms with E-state index in [2.05, 4.69) is 9.62 Å². The lowest BCUT2D eigenvalue weighted by Crippen LogP contribution is -2.43. The van der Waals surface area contributed by atoms with Crippen molar-refractivity contribution in [2.45, 2.75) is 77.1 Å². The summed E-state index contributed by atoms with van der Waals surface area (Å²) in [6.07, 6.45) is 8.05. The topological polar surface area (TPSA) is 106 Å². The maximum Gasteiger partial charge on any atom is 0.283 e. The van der Waals surface area contributed by atoms with Crippen molar-refractivity contribution < 1.29 is 22.7 Å². The van der Waals surface area contributed by atoms with E-state index >= 15 is 0 Å². The van der Waals surface area contributed by atoms with Crippen LogP contribution >= 0.6 is 11.6 Å². The van der Waals surface area contributed by atoms with E-state index in [-0.39, 0.29) is 23.4 Å². The maximum atomic E-state index is 13.2. The number of aldehydes is 1. The number of fused-ring (bicyclic) bond motifs is 3. The number of amides is 1. The first-order chi connectivity index (χ1) is 19.7. The van der Waals surface area contributed by atoms with Gasteiger partial charge in [-0.1, -0.05) is 31.0 Å². The molecule has 222 valence electrons. The Morgan fingerprint density at radius 3 is 2.63 bits per heavy atom. The van der Waals surface area contributed by atoms with Gasteiger partial charge in [0, 0.05) is 24.0 Å². The average Bonchev–Trinajstić information content (AvgIpc) is 2.96. The highest BCUT2D eigenvalue weighted by atomic mass is 35.5. The number of halogens is 1. The van der Waals surface area contributed by atoms with E-state index in [0.29, 0.717) is 48.6 Å². The highest BCUT2D eigenvalue weighted by Crippen LogP contribution is 2.43. The fourth-order valence-corrected chi connectivity index (χ4v) is 7.96. The van der Waals surface area contributed by atoms with Crippen molar-refractivity contribution in [2.24, 2.45) is 23.7 Å². The summed E-state index contributed by atoms with van der Waals surface area (Å²) in [6.45, 7) is 5.24. The van der Waals surface area contributed by atoms with Crippen LogP contribution in [0.15, 0.2) is 30.3 Å². The summed E-state index contributed by atoms with van der Waals surface area (Å²) in [7, 11) is -3.93. The summed E-state index contributed by atoms with van der Waals surface area (Å²) in [5.74, 6) is 0.752. The van der Waals surface area contributed by atoms with Crippen LogP contribution < -0.4 is 14.4 Å². The molecule has 10 heteroatoms. The van der Waals surface area contributed by atoms with Crippen molar-refractivity contribution in [2.75, 3.05) is 18.0 Å². The second-order valence-electron chi connectivity index (χ2n) is 12.0. The van der Waals surface area contributed by atoms with Crippen LogP contribution in [0.4, 0.5) is 5.82 Å². The molecule has 3 aliphatic rings. The Balaban J connectivity index is 1.54. The van der Waals surface area contributed by atoms with Crippen LogP contribution in [0, 0.1) is 23.7 Å². The Morgan fingerprint density at radius 1 is 1.05 bits per heavy atom. The van der Waals surface area contributed by atoms with Gasteiger partial charge in [0.05, 0.1) is 5.25 Å². The van der Waals surface area contributed by atoms with Crippen molar-refractivity contribution in [1.29, 1.82) is 0 Å². The molecule has 1 aromatic carbocycles. The number of pyridine rings is 1. The second-order valence-corrected chi connectivity index (χ2v) is 14.5. The fraction of sp³-hybridized carbons (Fsp3) is 0.581. The predicted molar refractivity (Wildman–Crippen MR) is 160 cm³/mol. The van der Waals surface area contributed by atoms with Crippen molar-refractivity contribution in [3.8, 4) is 5.75 Å². The second kappa shape index (κ2) is 12.7. The van der Waals surface area contributed by atoms with Crippen LogP contribution in [-0.4, -0.2) is 43.9 Å².